The maximum Gasteiger partial charge on any atom is 0.237 e. The number of benzene rings is 2. The highest BCUT2D eigenvalue weighted by atomic mass is 35.5. The second kappa shape index (κ2) is 13.5. The number of halogens is 2. The van der Waals surface area contributed by atoms with E-state index in [1.807, 2.05) is 43.3 Å². The van der Waals surface area contributed by atoms with Crippen molar-refractivity contribution in [3.8, 4) is 45.4 Å². The minimum atomic E-state index is -0.677. The SMILES string of the molecule is COc1nc(-c2cccc(-c3cccc(-c4cnc(CN5CC(C)(O)C5)c(OC)n4)c3Cl)c2Cl)cnc1CNCC1CCC(=O)N1. The molecule has 0 bridgehead atoms. The molecule has 3 N–H and O–H groups in total. The molecule has 0 spiro atoms. The van der Waals surface area contributed by atoms with Gasteiger partial charge in [-0.1, -0.05) is 59.6 Å². The zero-order valence-electron chi connectivity index (χ0n) is 25.8. The van der Waals surface area contributed by atoms with Crippen LogP contribution < -0.4 is 20.1 Å². The number of nitrogens with one attached hydrogen (secondary N) is 2. The van der Waals surface area contributed by atoms with Crippen molar-refractivity contribution >= 4 is 29.1 Å². The van der Waals surface area contributed by atoms with Crippen LogP contribution in [0.15, 0.2) is 48.8 Å². The van der Waals surface area contributed by atoms with Gasteiger partial charge in [0.05, 0.1) is 53.6 Å². The summed E-state index contributed by atoms with van der Waals surface area (Å²) in [6.07, 6.45) is 4.72. The van der Waals surface area contributed by atoms with Crippen molar-refractivity contribution < 1.29 is 19.4 Å². The Morgan fingerprint density at radius 2 is 1.48 bits per heavy atom. The molecule has 2 aliphatic rings. The Hall–Kier alpha value is -3.87. The maximum atomic E-state index is 11.5. The van der Waals surface area contributed by atoms with E-state index in [1.54, 1.807) is 26.6 Å². The topological polar surface area (TPSA) is 135 Å². The molecule has 1 unspecified atom stereocenters. The Morgan fingerprint density at radius 1 is 0.935 bits per heavy atom. The number of nitrogens with zero attached hydrogens (tertiary/aromatic N) is 5. The van der Waals surface area contributed by atoms with E-state index in [0.29, 0.717) is 94.9 Å². The predicted octanol–water partition coefficient (Wildman–Crippen LogP) is 4.53. The molecule has 2 aromatic heterocycles. The van der Waals surface area contributed by atoms with E-state index in [-0.39, 0.29) is 11.9 Å². The lowest BCUT2D eigenvalue weighted by atomic mass is 9.97. The molecular formula is C33H35Cl2N7O4. The average molecular weight is 665 g/mol. The fourth-order valence-electron chi connectivity index (χ4n) is 5.92. The summed E-state index contributed by atoms with van der Waals surface area (Å²) in [5.41, 5.74) is 4.57. The lowest BCUT2D eigenvalue weighted by Crippen LogP contribution is -2.59. The van der Waals surface area contributed by atoms with Gasteiger partial charge in [-0.3, -0.25) is 19.7 Å². The van der Waals surface area contributed by atoms with Gasteiger partial charge in [0, 0.05) is 67.4 Å². The number of aliphatic hydroxyl groups is 1. The van der Waals surface area contributed by atoms with E-state index in [9.17, 15) is 9.90 Å². The molecule has 0 aliphatic carbocycles. The van der Waals surface area contributed by atoms with E-state index in [0.717, 1.165) is 17.5 Å². The first kappa shape index (κ1) is 32.1. The lowest BCUT2D eigenvalue weighted by molar-refractivity contribution is -0.119. The third-order valence-electron chi connectivity index (χ3n) is 8.12. The van der Waals surface area contributed by atoms with E-state index in [4.69, 9.17) is 42.6 Å². The van der Waals surface area contributed by atoms with E-state index in [1.165, 1.54) is 0 Å². The second-order valence-corrected chi connectivity index (χ2v) is 12.6. The van der Waals surface area contributed by atoms with Gasteiger partial charge in [0.25, 0.3) is 0 Å². The Morgan fingerprint density at radius 3 is 2.00 bits per heavy atom. The Kier molecular flexibility index (Phi) is 9.39. The normalized spacial score (nSPS) is 17.4. The summed E-state index contributed by atoms with van der Waals surface area (Å²) in [5.74, 6) is 0.873. The third kappa shape index (κ3) is 6.79. The number of hydrogen-bond donors (Lipinski definition) is 3. The van der Waals surface area contributed by atoms with Crippen LogP contribution in [0, 0.1) is 0 Å². The van der Waals surface area contributed by atoms with Crippen LogP contribution in [0.4, 0.5) is 0 Å². The second-order valence-electron chi connectivity index (χ2n) is 11.8. The number of aromatic nitrogens is 4. The van der Waals surface area contributed by atoms with Crippen molar-refractivity contribution in [2.45, 2.75) is 44.5 Å². The summed E-state index contributed by atoms with van der Waals surface area (Å²) in [7, 11) is 3.11. The molecule has 240 valence electrons. The molecule has 2 saturated heterocycles. The molecule has 6 rings (SSSR count). The van der Waals surface area contributed by atoms with Crippen LogP contribution >= 0.6 is 23.2 Å². The van der Waals surface area contributed by atoms with Gasteiger partial charge in [-0.2, -0.15) is 0 Å². The number of methoxy groups -OCH3 is 2. The number of β-amino-alcohol motifs (C(OH)–C–C–N with tert-alkyl or cyclic N) is 1. The van der Waals surface area contributed by atoms with Gasteiger partial charge in [0.2, 0.25) is 17.7 Å². The van der Waals surface area contributed by atoms with Gasteiger partial charge in [-0.25, -0.2) is 9.97 Å². The fourth-order valence-corrected chi connectivity index (χ4v) is 6.57. The van der Waals surface area contributed by atoms with Gasteiger partial charge >= 0.3 is 0 Å². The van der Waals surface area contributed by atoms with Crippen LogP contribution in [0.5, 0.6) is 11.8 Å². The summed E-state index contributed by atoms with van der Waals surface area (Å²) in [6.45, 7) is 4.54. The number of hydrogen-bond acceptors (Lipinski definition) is 10. The van der Waals surface area contributed by atoms with Crippen molar-refractivity contribution in [3.63, 3.8) is 0 Å². The molecule has 0 saturated carbocycles. The minimum Gasteiger partial charge on any atom is -0.480 e. The molecule has 2 aliphatic heterocycles. The van der Waals surface area contributed by atoms with Crippen LogP contribution in [0.2, 0.25) is 10.0 Å². The van der Waals surface area contributed by atoms with Crippen molar-refractivity contribution in [2.24, 2.45) is 0 Å². The number of ether oxygens (including phenoxy) is 2. The first-order valence-corrected chi connectivity index (χ1v) is 15.7. The number of carbonyl (C=O) groups is 1. The smallest absolute Gasteiger partial charge is 0.237 e. The van der Waals surface area contributed by atoms with Gasteiger partial charge in [-0.05, 0) is 13.3 Å². The summed E-state index contributed by atoms with van der Waals surface area (Å²) in [6, 6.07) is 11.5. The molecule has 1 atom stereocenters. The summed E-state index contributed by atoms with van der Waals surface area (Å²) >= 11 is 14.0. The molecule has 1 amide bonds. The molecule has 4 heterocycles. The molecule has 2 fully saturated rings. The quantitative estimate of drug-likeness (QED) is 0.210. The molecule has 46 heavy (non-hydrogen) atoms. The molecule has 4 aromatic rings. The highest BCUT2D eigenvalue weighted by Crippen LogP contribution is 2.42. The third-order valence-corrected chi connectivity index (χ3v) is 8.93. The summed E-state index contributed by atoms with van der Waals surface area (Å²) in [5, 5.41) is 17.3. The molecular weight excluding hydrogens is 629 g/mol. The van der Waals surface area contributed by atoms with Crippen molar-refractivity contribution in [3.05, 3.63) is 70.2 Å². The van der Waals surface area contributed by atoms with Gasteiger partial charge in [0.1, 0.15) is 11.4 Å². The standard InChI is InChI=1S/C33H35Cl2N7O4/c1-33(44)17-42(18-33)16-27-32(46-3)41-25(15-38-27)23-9-5-7-21(30(23)35)20-6-4-8-22(29(20)34)24-14-37-26(31(40-24)45-2)13-36-12-19-10-11-28(43)39-19/h4-9,14-15,19,36,44H,10-13,16-18H2,1-3H3,(H,39,43). The van der Waals surface area contributed by atoms with Crippen molar-refractivity contribution in [2.75, 3.05) is 33.9 Å². The highest BCUT2D eigenvalue weighted by molar-refractivity contribution is 6.39. The van der Waals surface area contributed by atoms with Crippen LogP contribution in [0.1, 0.15) is 31.2 Å². The summed E-state index contributed by atoms with van der Waals surface area (Å²) in [4.78, 5) is 32.2. The van der Waals surface area contributed by atoms with E-state index >= 15 is 0 Å². The fraction of sp³-hybridized carbons (Fsp3) is 0.364. The summed E-state index contributed by atoms with van der Waals surface area (Å²) < 4.78 is 11.1. The average Bonchev–Trinajstić information content (AvgIpc) is 3.45. The Labute approximate surface area is 277 Å². The Balaban J connectivity index is 1.24. The van der Waals surface area contributed by atoms with Crippen LogP contribution in [-0.4, -0.2) is 81.3 Å². The minimum absolute atomic E-state index is 0.0820. The zero-order chi connectivity index (χ0) is 32.4. The van der Waals surface area contributed by atoms with Crippen molar-refractivity contribution in [1.29, 1.82) is 0 Å². The van der Waals surface area contributed by atoms with Gasteiger partial charge < -0.3 is 25.2 Å². The number of carbonyl (C=O) groups excluding carboxylic acids is 1. The first-order valence-electron chi connectivity index (χ1n) is 15.0. The Bertz CT molecular complexity index is 1760. The number of rotatable bonds is 11. The van der Waals surface area contributed by atoms with E-state index in [2.05, 4.69) is 25.5 Å². The van der Waals surface area contributed by atoms with Gasteiger partial charge in [-0.15, -0.1) is 0 Å². The molecule has 13 heteroatoms. The lowest BCUT2D eigenvalue weighted by Gasteiger charge is -2.44. The highest BCUT2D eigenvalue weighted by Gasteiger charge is 2.37. The molecule has 2 aromatic carbocycles. The van der Waals surface area contributed by atoms with E-state index < -0.39 is 5.60 Å². The first-order chi connectivity index (χ1) is 22.2. The van der Waals surface area contributed by atoms with Crippen molar-refractivity contribution in [1.82, 2.24) is 35.5 Å². The monoisotopic (exact) mass is 663 g/mol. The van der Waals surface area contributed by atoms with Gasteiger partial charge in [0.15, 0.2) is 0 Å². The predicted molar refractivity (Wildman–Crippen MR) is 176 cm³/mol. The zero-order valence-corrected chi connectivity index (χ0v) is 27.3. The van der Waals surface area contributed by atoms with Crippen LogP contribution in [0.25, 0.3) is 33.6 Å². The molecule has 0 radical (unpaired) electrons. The maximum absolute atomic E-state index is 11.5. The largest absolute Gasteiger partial charge is 0.480 e. The number of likely N-dealkylation sites (tertiary alicyclic amines) is 1. The number of amides is 1. The van der Waals surface area contributed by atoms with Crippen LogP contribution in [-0.2, 0) is 17.9 Å². The molecule has 11 nitrogen and oxygen atoms in total. The van der Waals surface area contributed by atoms with Crippen LogP contribution in [0.3, 0.4) is 0 Å².